The van der Waals surface area contributed by atoms with Gasteiger partial charge >= 0.3 is 29.6 Å². The number of hydrogen-bond donors (Lipinski definition) is 0. The van der Waals surface area contributed by atoms with Crippen LogP contribution in [-0.2, 0) is 0 Å². The van der Waals surface area contributed by atoms with Crippen molar-refractivity contribution in [2.45, 2.75) is 96.8 Å². The van der Waals surface area contributed by atoms with Gasteiger partial charge < -0.3 is 9.84 Å². The SMILES string of the molecule is CCCCCCCCCCCCCCCCOc1ccc(Cl)c(C2=N/C(=C/[O-])C(=S)S2)c1.[Na+]. The number of hydrogen-bond acceptors (Lipinski definition) is 5. The van der Waals surface area contributed by atoms with E-state index in [1.54, 1.807) is 0 Å². The van der Waals surface area contributed by atoms with Crippen LogP contribution < -0.4 is 39.4 Å². The Morgan fingerprint density at radius 2 is 1.48 bits per heavy atom. The molecule has 7 heteroatoms. The molecule has 0 aromatic heterocycles. The number of unbranched alkanes of at least 4 members (excludes halogenated alkanes) is 13. The van der Waals surface area contributed by atoms with Crippen molar-refractivity contribution in [3.05, 3.63) is 40.7 Å². The number of halogens is 1. The molecule has 1 aliphatic heterocycles. The Morgan fingerprint density at radius 3 is 2.00 bits per heavy atom. The van der Waals surface area contributed by atoms with Crippen LogP contribution >= 0.6 is 35.6 Å². The van der Waals surface area contributed by atoms with Crippen molar-refractivity contribution in [3.8, 4) is 5.75 Å². The van der Waals surface area contributed by atoms with E-state index in [0.29, 0.717) is 32.8 Å². The number of benzene rings is 1. The molecule has 178 valence electrons. The third-order valence-corrected chi connectivity index (χ3v) is 7.35. The fraction of sp³-hybridized carbons (Fsp3) is 0.615. The minimum absolute atomic E-state index is 0. The van der Waals surface area contributed by atoms with Crippen molar-refractivity contribution in [2.75, 3.05) is 6.61 Å². The van der Waals surface area contributed by atoms with Gasteiger partial charge in [0.2, 0.25) is 0 Å². The van der Waals surface area contributed by atoms with Crippen LogP contribution in [-0.4, -0.2) is 15.8 Å². The van der Waals surface area contributed by atoms with Crippen LogP contribution in [0, 0.1) is 0 Å². The van der Waals surface area contributed by atoms with E-state index in [0.717, 1.165) is 17.7 Å². The van der Waals surface area contributed by atoms with Crippen molar-refractivity contribution in [3.63, 3.8) is 0 Å². The summed E-state index contributed by atoms with van der Waals surface area (Å²) in [5, 5.41) is 12.2. The molecule has 2 rings (SSSR count). The van der Waals surface area contributed by atoms with E-state index >= 15 is 0 Å². The van der Waals surface area contributed by atoms with Crippen LogP contribution in [0.15, 0.2) is 35.2 Å². The fourth-order valence-corrected chi connectivity index (χ4v) is 5.14. The van der Waals surface area contributed by atoms with E-state index in [9.17, 15) is 5.11 Å². The average Bonchev–Trinajstić information content (AvgIpc) is 3.17. The molecule has 0 unspecified atom stereocenters. The summed E-state index contributed by atoms with van der Waals surface area (Å²) >= 11 is 12.8. The smallest absolute Gasteiger partial charge is 0.876 e. The number of nitrogens with zero attached hydrogens (tertiary/aromatic N) is 1. The zero-order chi connectivity index (χ0) is 23.0. The molecule has 0 radical (unpaired) electrons. The summed E-state index contributed by atoms with van der Waals surface area (Å²) in [5.41, 5.74) is 1.05. The van der Waals surface area contributed by atoms with Crippen molar-refractivity contribution < 1.29 is 39.4 Å². The summed E-state index contributed by atoms with van der Waals surface area (Å²) < 4.78 is 6.40. The third kappa shape index (κ3) is 12.5. The monoisotopic (exact) mass is 517 g/mol. The van der Waals surface area contributed by atoms with Gasteiger partial charge in [-0.05, 0) is 24.6 Å². The average molecular weight is 518 g/mol. The van der Waals surface area contributed by atoms with Gasteiger partial charge in [-0.1, -0.05) is 126 Å². The van der Waals surface area contributed by atoms with Crippen LogP contribution in [0.3, 0.4) is 0 Å². The molecule has 0 amide bonds. The Labute approximate surface area is 237 Å². The Kier molecular flexibility index (Phi) is 18.0. The maximum absolute atomic E-state index is 11.0. The second kappa shape index (κ2) is 19.2. The summed E-state index contributed by atoms with van der Waals surface area (Å²) in [5.74, 6) is 0.771. The maximum Gasteiger partial charge on any atom is 1.00 e. The number of rotatable bonds is 17. The zero-order valence-electron chi connectivity index (χ0n) is 20.4. The molecule has 0 saturated heterocycles. The number of aliphatic imine (C=N–C) groups is 1. The fourth-order valence-electron chi connectivity index (χ4n) is 3.75. The van der Waals surface area contributed by atoms with E-state index in [4.69, 9.17) is 28.6 Å². The van der Waals surface area contributed by atoms with E-state index < -0.39 is 0 Å². The van der Waals surface area contributed by atoms with Crippen molar-refractivity contribution in [2.24, 2.45) is 4.99 Å². The first-order valence-corrected chi connectivity index (χ1v) is 13.8. The van der Waals surface area contributed by atoms with Crippen LogP contribution in [0.5, 0.6) is 5.75 Å². The van der Waals surface area contributed by atoms with Gasteiger partial charge in [0.25, 0.3) is 0 Å². The summed E-state index contributed by atoms with van der Waals surface area (Å²) in [6, 6.07) is 5.56. The molecular weight excluding hydrogens is 481 g/mol. The van der Waals surface area contributed by atoms with E-state index in [1.807, 2.05) is 18.2 Å². The van der Waals surface area contributed by atoms with Gasteiger partial charge in [-0.25, -0.2) is 4.99 Å². The van der Waals surface area contributed by atoms with Crippen LogP contribution in [0.4, 0.5) is 0 Å². The van der Waals surface area contributed by atoms with Gasteiger partial charge in [-0.3, -0.25) is 0 Å². The summed E-state index contributed by atoms with van der Waals surface area (Å²) in [7, 11) is 0. The predicted octanol–water partition coefficient (Wildman–Crippen LogP) is 5.23. The van der Waals surface area contributed by atoms with Gasteiger partial charge in [0.1, 0.15) is 15.0 Å². The second-order valence-corrected chi connectivity index (χ2v) is 10.5. The van der Waals surface area contributed by atoms with Gasteiger partial charge in [0, 0.05) is 5.56 Å². The molecule has 0 saturated carbocycles. The zero-order valence-corrected chi connectivity index (χ0v) is 24.8. The van der Waals surface area contributed by atoms with Gasteiger partial charge in [-0.15, -0.1) is 6.26 Å². The van der Waals surface area contributed by atoms with Gasteiger partial charge in [-0.2, -0.15) is 0 Å². The number of ether oxygens (including phenoxy) is 1. The van der Waals surface area contributed by atoms with Crippen molar-refractivity contribution in [1.29, 1.82) is 0 Å². The largest absolute Gasteiger partial charge is 1.00 e. The molecule has 0 atom stereocenters. The molecule has 33 heavy (non-hydrogen) atoms. The molecule has 0 bridgehead atoms. The summed E-state index contributed by atoms with van der Waals surface area (Å²) in [6.45, 7) is 2.97. The molecular formula is C26H37ClNNaO2S2. The minimum atomic E-state index is 0. The topological polar surface area (TPSA) is 44.6 Å². The number of thioether (sulfide) groups is 1. The van der Waals surface area contributed by atoms with Crippen LogP contribution in [0.2, 0.25) is 5.02 Å². The molecule has 0 spiro atoms. The third-order valence-electron chi connectivity index (χ3n) is 5.67. The predicted molar refractivity (Wildman–Crippen MR) is 142 cm³/mol. The first-order chi connectivity index (χ1) is 15.7. The van der Waals surface area contributed by atoms with E-state index in [2.05, 4.69) is 11.9 Å². The molecule has 0 aliphatic carbocycles. The van der Waals surface area contributed by atoms with E-state index in [-0.39, 0.29) is 29.6 Å². The Balaban J connectivity index is 0.00000544. The normalized spacial score (nSPS) is 14.4. The Bertz CT molecular complexity index is 771. The van der Waals surface area contributed by atoms with Crippen LogP contribution in [0.1, 0.15) is 102 Å². The van der Waals surface area contributed by atoms with E-state index in [1.165, 1.54) is 95.2 Å². The summed E-state index contributed by atoms with van der Waals surface area (Å²) in [6.07, 6.45) is 19.5. The quantitative estimate of drug-likeness (QED) is 0.0933. The molecule has 1 aliphatic rings. The first-order valence-electron chi connectivity index (χ1n) is 12.2. The molecule has 3 nitrogen and oxygen atoms in total. The Morgan fingerprint density at radius 1 is 0.939 bits per heavy atom. The van der Waals surface area contributed by atoms with Crippen LogP contribution in [0.25, 0.3) is 0 Å². The standard InChI is InChI=1S/C26H38ClNO2S2.Na/c1-2-3-4-5-6-7-8-9-10-11-12-13-14-15-18-30-21-16-17-23(27)22(19-21)25-28-24(20-29)26(31)32-25;/h16-17,19-20,29H,2-15,18H2,1H3;/q;+1/p-1/b24-20+;. The number of thiocarbonyl (C=S) groups is 1. The second-order valence-electron chi connectivity index (χ2n) is 8.40. The first kappa shape index (κ1) is 31.0. The van der Waals surface area contributed by atoms with Crippen molar-refractivity contribution >= 4 is 44.8 Å². The van der Waals surface area contributed by atoms with Gasteiger partial charge in [0.15, 0.2) is 0 Å². The maximum atomic E-state index is 11.0. The Hall–Kier alpha value is -0.0400. The molecule has 0 N–H and O–H groups in total. The molecule has 1 heterocycles. The summed E-state index contributed by atoms with van der Waals surface area (Å²) in [4.78, 5) is 4.28. The molecule has 0 fully saturated rings. The van der Waals surface area contributed by atoms with Crippen molar-refractivity contribution in [1.82, 2.24) is 0 Å². The molecule has 1 aromatic rings. The van der Waals surface area contributed by atoms with Gasteiger partial charge in [0.05, 0.1) is 17.3 Å². The molecule has 1 aromatic carbocycles. The minimum Gasteiger partial charge on any atom is -0.876 e.